The number of benzene rings is 1. The van der Waals surface area contributed by atoms with E-state index in [1.165, 1.54) is 0 Å². The van der Waals surface area contributed by atoms with Crippen molar-refractivity contribution < 1.29 is 13.8 Å². The van der Waals surface area contributed by atoms with Crippen molar-refractivity contribution in [3.63, 3.8) is 0 Å². The maximum Gasteiger partial charge on any atom is 0.257 e. The molecule has 4 rings (SSSR count). The first-order valence-electron chi connectivity index (χ1n) is 8.34. The van der Waals surface area contributed by atoms with Crippen molar-refractivity contribution in [1.29, 1.82) is 0 Å². The summed E-state index contributed by atoms with van der Waals surface area (Å²) in [5.41, 5.74) is 1.73. The largest absolute Gasteiger partial charge is 0.360 e. The third-order valence-corrected chi connectivity index (χ3v) is 4.84. The average molecular weight is 380 g/mol. The van der Waals surface area contributed by atoms with Crippen molar-refractivity contribution in [3.05, 3.63) is 75.8 Å². The van der Waals surface area contributed by atoms with Gasteiger partial charge < -0.3 is 14.4 Å². The fourth-order valence-electron chi connectivity index (χ4n) is 2.68. The van der Waals surface area contributed by atoms with E-state index >= 15 is 0 Å². The van der Waals surface area contributed by atoms with Gasteiger partial charge in [-0.15, -0.1) is 11.3 Å². The molecule has 1 aromatic carbocycles. The Bertz CT molecular complexity index is 1040. The molecule has 4 aromatic rings. The highest BCUT2D eigenvalue weighted by molar-refractivity contribution is 7.09. The summed E-state index contributed by atoms with van der Waals surface area (Å²) in [6.45, 7) is 1.87. The lowest BCUT2D eigenvalue weighted by atomic mass is 10.1. The summed E-state index contributed by atoms with van der Waals surface area (Å²) in [5.74, 6) is 1.10. The Morgan fingerprint density at radius 1 is 1.11 bits per heavy atom. The third-order valence-electron chi connectivity index (χ3n) is 3.96. The molecule has 0 aliphatic carbocycles. The Morgan fingerprint density at radius 3 is 2.74 bits per heavy atom. The van der Waals surface area contributed by atoms with Crippen LogP contribution in [-0.2, 0) is 13.0 Å². The van der Waals surface area contributed by atoms with Gasteiger partial charge in [-0.2, -0.15) is 4.98 Å². The molecule has 0 spiro atoms. The summed E-state index contributed by atoms with van der Waals surface area (Å²) in [4.78, 5) is 18.1. The Kier molecular flexibility index (Phi) is 4.80. The number of nitrogens with one attached hydrogen (secondary N) is 1. The molecule has 0 bridgehead atoms. The van der Waals surface area contributed by atoms with Crippen LogP contribution in [0.1, 0.15) is 32.7 Å². The fraction of sp³-hybridized carbons (Fsp3) is 0.158. The lowest BCUT2D eigenvalue weighted by Crippen LogP contribution is -2.24. The van der Waals surface area contributed by atoms with Gasteiger partial charge in [-0.1, -0.05) is 46.7 Å². The van der Waals surface area contributed by atoms with Gasteiger partial charge in [-0.05, 0) is 18.4 Å². The highest BCUT2D eigenvalue weighted by atomic mass is 32.1. The second-order valence-electron chi connectivity index (χ2n) is 5.87. The molecule has 8 heteroatoms. The zero-order valence-electron chi connectivity index (χ0n) is 14.5. The Hall–Kier alpha value is -3.26. The normalized spacial score (nSPS) is 10.9. The van der Waals surface area contributed by atoms with Crippen molar-refractivity contribution in [2.45, 2.75) is 19.9 Å². The number of thiophene rings is 1. The second kappa shape index (κ2) is 7.55. The molecule has 0 aliphatic rings. The number of carbonyl (C=O) groups is 1. The zero-order chi connectivity index (χ0) is 18.6. The molecule has 0 atom stereocenters. The predicted molar refractivity (Wildman–Crippen MR) is 99.3 cm³/mol. The van der Waals surface area contributed by atoms with Crippen LogP contribution in [0.3, 0.4) is 0 Å². The maximum absolute atomic E-state index is 12.7. The number of aryl methyl sites for hydroxylation is 1. The van der Waals surface area contributed by atoms with Crippen molar-refractivity contribution in [2.24, 2.45) is 0 Å². The van der Waals surface area contributed by atoms with E-state index in [2.05, 4.69) is 20.6 Å². The Balaban J connectivity index is 1.45. The SMILES string of the molecule is Cc1onc(-c2ccccc2)c1C(=O)NCc1noc(Cc2cccs2)n1. The molecule has 0 aliphatic heterocycles. The first kappa shape index (κ1) is 17.2. The van der Waals surface area contributed by atoms with E-state index in [0.717, 1.165) is 10.4 Å². The average Bonchev–Trinajstić information content (AvgIpc) is 3.43. The minimum absolute atomic E-state index is 0.158. The van der Waals surface area contributed by atoms with Crippen LogP contribution in [0.2, 0.25) is 0 Å². The predicted octanol–water partition coefficient (Wildman–Crippen LogP) is 3.62. The molecule has 0 unspecified atom stereocenters. The first-order chi connectivity index (χ1) is 13.2. The molecule has 0 fully saturated rings. The van der Waals surface area contributed by atoms with E-state index in [1.807, 2.05) is 47.8 Å². The van der Waals surface area contributed by atoms with Gasteiger partial charge in [0.05, 0.1) is 13.0 Å². The second-order valence-corrected chi connectivity index (χ2v) is 6.90. The van der Waals surface area contributed by atoms with Crippen LogP contribution in [-0.4, -0.2) is 21.2 Å². The minimum Gasteiger partial charge on any atom is -0.360 e. The Labute approximate surface area is 159 Å². The summed E-state index contributed by atoms with van der Waals surface area (Å²) >= 11 is 1.63. The summed E-state index contributed by atoms with van der Waals surface area (Å²) in [7, 11) is 0. The van der Waals surface area contributed by atoms with Gasteiger partial charge in [0.25, 0.3) is 5.91 Å². The third kappa shape index (κ3) is 3.80. The van der Waals surface area contributed by atoms with Gasteiger partial charge in [0.2, 0.25) is 5.89 Å². The monoisotopic (exact) mass is 380 g/mol. The molecule has 0 saturated carbocycles. The highest BCUT2D eigenvalue weighted by Gasteiger charge is 2.21. The molecule has 27 heavy (non-hydrogen) atoms. The fourth-order valence-corrected chi connectivity index (χ4v) is 3.37. The first-order valence-corrected chi connectivity index (χ1v) is 9.22. The molecular formula is C19H16N4O3S. The van der Waals surface area contributed by atoms with Crippen LogP contribution in [0.15, 0.2) is 56.9 Å². The summed E-state index contributed by atoms with van der Waals surface area (Å²) in [6.07, 6.45) is 0.585. The van der Waals surface area contributed by atoms with E-state index in [9.17, 15) is 4.79 Å². The lowest BCUT2D eigenvalue weighted by Gasteiger charge is -2.03. The molecule has 3 aromatic heterocycles. The quantitative estimate of drug-likeness (QED) is 0.549. The molecule has 1 N–H and O–H groups in total. The van der Waals surface area contributed by atoms with Gasteiger partial charge in [0, 0.05) is 10.4 Å². The van der Waals surface area contributed by atoms with Crippen molar-refractivity contribution in [1.82, 2.24) is 20.6 Å². The maximum atomic E-state index is 12.7. The van der Waals surface area contributed by atoms with Crippen LogP contribution in [0, 0.1) is 6.92 Å². The van der Waals surface area contributed by atoms with Gasteiger partial charge >= 0.3 is 0 Å². The topological polar surface area (TPSA) is 94.1 Å². The smallest absolute Gasteiger partial charge is 0.257 e. The highest BCUT2D eigenvalue weighted by Crippen LogP contribution is 2.25. The molecule has 1 amide bonds. The summed E-state index contributed by atoms with van der Waals surface area (Å²) in [5, 5.41) is 12.7. The van der Waals surface area contributed by atoms with E-state index in [1.54, 1.807) is 18.3 Å². The van der Waals surface area contributed by atoms with Crippen molar-refractivity contribution in [3.8, 4) is 11.3 Å². The van der Waals surface area contributed by atoms with Crippen LogP contribution in [0.25, 0.3) is 11.3 Å². The number of amides is 1. The van der Waals surface area contributed by atoms with Gasteiger partial charge in [-0.3, -0.25) is 4.79 Å². The number of hydrogen-bond donors (Lipinski definition) is 1. The number of nitrogens with zero attached hydrogens (tertiary/aromatic N) is 3. The Morgan fingerprint density at radius 2 is 1.96 bits per heavy atom. The minimum atomic E-state index is -0.294. The van der Waals surface area contributed by atoms with Crippen LogP contribution in [0.4, 0.5) is 0 Å². The van der Waals surface area contributed by atoms with Gasteiger partial charge in [0.1, 0.15) is 17.0 Å². The molecule has 7 nitrogen and oxygen atoms in total. The van der Waals surface area contributed by atoms with E-state index in [4.69, 9.17) is 9.05 Å². The van der Waals surface area contributed by atoms with E-state index < -0.39 is 0 Å². The number of aromatic nitrogens is 3. The van der Waals surface area contributed by atoms with Crippen LogP contribution >= 0.6 is 11.3 Å². The van der Waals surface area contributed by atoms with E-state index in [0.29, 0.717) is 35.2 Å². The molecular weight excluding hydrogens is 364 g/mol. The lowest BCUT2D eigenvalue weighted by molar-refractivity contribution is 0.0948. The summed E-state index contributed by atoms with van der Waals surface area (Å²) in [6, 6.07) is 13.4. The number of rotatable bonds is 6. The van der Waals surface area contributed by atoms with E-state index in [-0.39, 0.29) is 12.5 Å². The molecule has 3 heterocycles. The number of hydrogen-bond acceptors (Lipinski definition) is 7. The van der Waals surface area contributed by atoms with Gasteiger partial charge in [0.15, 0.2) is 5.82 Å². The molecule has 0 radical (unpaired) electrons. The summed E-state index contributed by atoms with van der Waals surface area (Å²) < 4.78 is 10.5. The number of carbonyl (C=O) groups excluding carboxylic acids is 1. The molecule has 0 saturated heterocycles. The van der Waals surface area contributed by atoms with Crippen molar-refractivity contribution >= 4 is 17.2 Å². The van der Waals surface area contributed by atoms with Crippen LogP contribution < -0.4 is 5.32 Å². The standard InChI is InChI=1S/C19H16N4O3S/c1-12-17(18(23-25-12)13-6-3-2-4-7-13)19(24)20-11-15-21-16(26-22-15)10-14-8-5-9-27-14/h2-9H,10-11H2,1H3,(H,20,24). The van der Waals surface area contributed by atoms with Gasteiger partial charge in [-0.25, -0.2) is 0 Å². The van der Waals surface area contributed by atoms with Crippen molar-refractivity contribution in [2.75, 3.05) is 0 Å². The van der Waals surface area contributed by atoms with Crippen LogP contribution in [0.5, 0.6) is 0 Å². The zero-order valence-corrected chi connectivity index (χ0v) is 15.3. The molecule has 136 valence electrons.